The number of nitrogens with zero attached hydrogens (tertiary/aromatic N) is 2. The molecule has 1 aromatic carbocycles. The molecule has 0 aliphatic carbocycles. The number of rotatable bonds is 3. The number of benzene rings is 1. The molecule has 2 aromatic rings. The molecule has 0 bridgehead atoms. The van der Waals surface area contributed by atoms with Crippen LogP contribution < -0.4 is 10.5 Å². The summed E-state index contributed by atoms with van der Waals surface area (Å²) in [7, 11) is 1.88. The zero-order valence-electron chi connectivity index (χ0n) is 10.3. The van der Waals surface area contributed by atoms with E-state index < -0.39 is 0 Å². The molecule has 0 radical (unpaired) electrons. The molecule has 0 aliphatic rings. The first kappa shape index (κ1) is 12.6. The van der Waals surface area contributed by atoms with Gasteiger partial charge in [-0.2, -0.15) is 5.10 Å². The molecule has 0 unspecified atom stereocenters. The van der Waals surface area contributed by atoms with E-state index in [9.17, 15) is 4.79 Å². The molecule has 0 amide bonds. The second kappa shape index (κ2) is 5.23. The van der Waals surface area contributed by atoms with Gasteiger partial charge < -0.3 is 4.90 Å². The molecule has 1 N–H and O–H groups in total. The maximum absolute atomic E-state index is 11.4. The summed E-state index contributed by atoms with van der Waals surface area (Å²) in [6, 6.07) is 8.11. The highest BCUT2D eigenvalue weighted by Crippen LogP contribution is 2.21. The Morgan fingerprint density at radius 3 is 2.83 bits per heavy atom. The van der Waals surface area contributed by atoms with Gasteiger partial charge >= 0.3 is 0 Å². The third-order valence-corrected chi connectivity index (χ3v) is 3.22. The van der Waals surface area contributed by atoms with Gasteiger partial charge in [0.1, 0.15) is 5.02 Å². The van der Waals surface area contributed by atoms with Crippen molar-refractivity contribution in [3.63, 3.8) is 0 Å². The van der Waals surface area contributed by atoms with Crippen LogP contribution in [0.2, 0.25) is 5.02 Å². The van der Waals surface area contributed by atoms with Gasteiger partial charge in [-0.25, -0.2) is 5.10 Å². The van der Waals surface area contributed by atoms with Gasteiger partial charge in [0.2, 0.25) is 0 Å². The van der Waals surface area contributed by atoms with Crippen LogP contribution in [0.4, 0.5) is 5.69 Å². The number of halogens is 1. The number of hydrogen-bond acceptors (Lipinski definition) is 3. The van der Waals surface area contributed by atoms with Crippen LogP contribution in [-0.4, -0.2) is 17.2 Å². The van der Waals surface area contributed by atoms with E-state index in [1.54, 1.807) is 6.20 Å². The minimum absolute atomic E-state index is 0.168. The van der Waals surface area contributed by atoms with Crippen LogP contribution in [0.15, 0.2) is 35.3 Å². The summed E-state index contributed by atoms with van der Waals surface area (Å²) in [5.41, 5.74) is 2.66. The average molecular weight is 264 g/mol. The number of H-pyrrole nitrogens is 1. The molecule has 0 saturated heterocycles. The van der Waals surface area contributed by atoms with Crippen molar-refractivity contribution in [3.05, 3.63) is 57.0 Å². The normalized spacial score (nSPS) is 10.4. The van der Waals surface area contributed by atoms with E-state index in [4.69, 9.17) is 11.6 Å². The molecule has 18 heavy (non-hydrogen) atoms. The predicted octanol–water partition coefficient (Wildman–Crippen LogP) is 2.37. The summed E-state index contributed by atoms with van der Waals surface area (Å²) < 4.78 is 0. The summed E-state index contributed by atoms with van der Waals surface area (Å²) >= 11 is 5.97. The maximum Gasteiger partial charge on any atom is 0.285 e. The predicted molar refractivity (Wildman–Crippen MR) is 73.2 cm³/mol. The van der Waals surface area contributed by atoms with Crippen molar-refractivity contribution >= 4 is 17.3 Å². The van der Waals surface area contributed by atoms with E-state index in [0.29, 0.717) is 12.2 Å². The molecule has 0 atom stereocenters. The zero-order valence-corrected chi connectivity index (χ0v) is 11.0. The molecular formula is C13H14ClN3O. The molecular weight excluding hydrogens is 250 g/mol. The van der Waals surface area contributed by atoms with E-state index >= 15 is 0 Å². The first-order valence-corrected chi connectivity index (χ1v) is 5.96. The van der Waals surface area contributed by atoms with Crippen molar-refractivity contribution in [2.24, 2.45) is 0 Å². The summed E-state index contributed by atoms with van der Waals surface area (Å²) in [6.07, 6.45) is 1.56. The Hall–Kier alpha value is -1.81. The van der Waals surface area contributed by atoms with Gasteiger partial charge in [-0.05, 0) is 18.1 Å². The van der Waals surface area contributed by atoms with E-state index in [1.165, 1.54) is 11.1 Å². The molecule has 0 saturated carbocycles. The van der Waals surface area contributed by atoms with Crippen molar-refractivity contribution in [2.45, 2.75) is 13.5 Å². The first-order chi connectivity index (χ1) is 8.59. The lowest BCUT2D eigenvalue weighted by molar-refractivity contribution is 0.888. The minimum atomic E-state index is -0.370. The van der Waals surface area contributed by atoms with Crippen LogP contribution in [0, 0.1) is 6.92 Å². The molecule has 94 valence electrons. The van der Waals surface area contributed by atoms with Gasteiger partial charge in [-0.1, -0.05) is 35.9 Å². The summed E-state index contributed by atoms with van der Waals surface area (Å²) in [5.74, 6) is 0. The Bertz CT molecular complexity index is 609. The van der Waals surface area contributed by atoms with Gasteiger partial charge in [0.15, 0.2) is 0 Å². The number of hydrogen-bond donors (Lipinski definition) is 1. The molecule has 4 nitrogen and oxygen atoms in total. The minimum Gasteiger partial charge on any atom is -0.368 e. The third kappa shape index (κ3) is 2.54. The van der Waals surface area contributed by atoms with Gasteiger partial charge in [-0.3, -0.25) is 4.79 Å². The molecule has 0 spiro atoms. The van der Waals surface area contributed by atoms with Crippen LogP contribution in [0.3, 0.4) is 0 Å². The number of nitrogens with one attached hydrogen (secondary N) is 1. The van der Waals surface area contributed by atoms with Crippen molar-refractivity contribution in [2.75, 3.05) is 11.9 Å². The van der Waals surface area contributed by atoms with Gasteiger partial charge in [-0.15, -0.1) is 0 Å². The highest BCUT2D eigenvalue weighted by Gasteiger charge is 2.10. The summed E-state index contributed by atoms with van der Waals surface area (Å²) in [5, 5.41) is 6.24. The topological polar surface area (TPSA) is 49.0 Å². The lowest BCUT2D eigenvalue weighted by atomic mass is 10.1. The SMILES string of the molecule is Cc1ccccc1CN(C)c1cn[nH]c(=O)c1Cl. The van der Waals surface area contributed by atoms with Crippen LogP contribution >= 0.6 is 11.6 Å². The van der Waals surface area contributed by atoms with Crippen molar-refractivity contribution in [1.29, 1.82) is 0 Å². The van der Waals surface area contributed by atoms with Crippen molar-refractivity contribution in [3.8, 4) is 0 Å². The number of aryl methyl sites for hydroxylation is 1. The summed E-state index contributed by atoms with van der Waals surface area (Å²) in [4.78, 5) is 13.3. The molecule has 2 rings (SSSR count). The zero-order chi connectivity index (χ0) is 13.1. The highest BCUT2D eigenvalue weighted by molar-refractivity contribution is 6.32. The Balaban J connectivity index is 2.28. The number of aromatic nitrogens is 2. The highest BCUT2D eigenvalue weighted by atomic mass is 35.5. The Morgan fingerprint density at radius 1 is 1.39 bits per heavy atom. The van der Waals surface area contributed by atoms with Crippen LogP contribution in [0.25, 0.3) is 0 Å². The molecule has 1 heterocycles. The van der Waals surface area contributed by atoms with Crippen molar-refractivity contribution in [1.82, 2.24) is 10.2 Å². The molecule has 1 aromatic heterocycles. The average Bonchev–Trinajstić information content (AvgIpc) is 2.35. The largest absolute Gasteiger partial charge is 0.368 e. The fourth-order valence-electron chi connectivity index (χ4n) is 1.77. The van der Waals surface area contributed by atoms with Crippen LogP contribution in [0.1, 0.15) is 11.1 Å². The van der Waals surface area contributed by atoms with Crippen LogP contribution in [-0.2, 0) is 6.54 Å². The fourth-order valence-corrected chi connectivity index (χ4v) is 2.00. The van der Waals surface area contributed by atoms with Gasteiger partial charge in [0.25, 0.3) is 5.56 Å². The number of aromatic amines is 1. The van der Waals surface area contributed by atoms with Gasteiger partial charge in [0, 0.05) is 13.6 Å². The molecule has 5 heteroatoms. The van der Waals surface area contributed by atoms with E-state index in [0.717, 1.165) is 0 Å². The Morgan fingerprint density at radius 2 is 2.11 bits per heavy atom. The Labute approximate surface area is 110 Å². The maximum atomic E-state index is 11.4. The second-order valence-electron chi connectivity index (χ2n) is 4.18. The van der Waals surface area contributed by atoms with Crippen LogP contribution in [0.5, 0.6) is 0 Å². The van der Waals surface area contributed by atoms with E-state index in [1.807, 2.05) is 24.1 Å². The lowest BCUT2D eigenvalue weighted by Crippen LogP contribution is -2.21. The molecule has 0 aliphatic heterocycles. The number of anilines is 1. The van der Waals surface area contributed by atoms with E-state index in [2.05, 4.69) is 29.3 Å². The first-order valence-electron chi connectivity index (χ1n) is 5.58. The smallest absolute Gasteiger partial charge is 0.285 e. The van der Waals surface area contributed by atoms with Crippen molar-refractivity contribution < 1.29 is 0 Å². The molecule has 0 fully saturated rings. The standard InChI is InChI=1S/C13H14ClN3O/c1-9-5-3-4-6-10(9)8-17(2)11-7-15-16-13(18)12(11)14/h3-7H,8H2,1-2H3,(H,16,18). The Kier molecular flexibility index (Phi) is 3.67. The monoisotopic (exact) mass is 263 g/mol. The third-order valence-electron chi connectivity index (χ3n) is 2.86. The lowest BCUT2D eigenvalue weighted by Gasteiger charge is -2.20. The van der Waals surface area contributed by atoms with Gasteiger partial charge in [0.05, 0.1) is 11.9 Å². The van der Waals surface area contributed by atoms with E-state index in [-0.39, 0.29) is 10.6 Å². The second-order valence-corrected chi connectivity index (χ2v) is 4.56. The quantitative estimate of drug-likeness (QED) is 0.925. The summed E-state index contributed by atoms with van der Waals surface area (Å²) in [6.45, 7) is 2.73. The fraction of sp³-hybridized carbons (Fsp3) is 0.231.